The highest BCUT2D eigenvalue weighted by Gasteiger charge is 2.23. The van der Waals surface area contributed by atoms with Gasteiger partial charge in [-0.1, -0.05) is 49.3 Å². The van der Waals surface area contributed by atoms with E-state index in [2.05, 4.69) is 35.8 Å². The van der Waals surface area contributed by atoms with Gasteiger partial charge in [-0.15, -0.1) is 5.54 Å². The van der Waals surface area contributed by atoms with Crippen molar-refractivity contribution in [2.24, 2.45) is 0 Å². The van der Waals surface area contributed by atoms with Crippen LogP contribution in [-0.4, -0.2) is 17.0 Å². The molecule has 5 heteroatoms. The summed E-state index contributed by atoms with van der Waals surface area (Å²) in [5.41, 5.74) is 4.34. The molecule has 1 N–H and O–H groups in total. The van der Waals surface area contributed by atoms with Crippen LogP contribution in [0.1, 0.15) is 32.4 Å². The summed E-state index contributed by atoms with van der Waals surface area (Å²) in [6.45, 7) is 12.4. The maximum atomic E-state index is 12.4. The fourth-order valence-corrected chi connectivity index (χ4v) is 2.87. The first-order valence-corrected chi connectivity index (χ1v) is 12.0. The summed E-state index contributed by atoms with van der Waals surface area (Å²) in [6.07, 6.45) is 0. The predicted molar refractivity (Wildman–Crippen MR) is 96.3 cm³/mol. The highest BCUT2D eigenvalue weighted by atomic mass is 35.5. The Labute approximate surface area is 137 Å². The molecule has 0 fully saturated rings. The summed E-state index contributed by atoms with van der Waals surface area (Å²) < 4.78 is 15.2. The average Bonchev–Trinajstić information content (AvgIpc) is 2.33. The molecule has 0 amide bonds. The lowest BCUT2D eigenvalue weighted by atomic mass is 10.1. The third-order valence-electron chi connectivity index (χ3n) is 2.58. The van der Waals surface area contributed by atoms with Gasteiger partial charge in [0.05, 0.1) is 15.7 Å². The predicted octanol–water partition coefficient (Wildman–Crippen LogP) is 4.31. The molecule has 0 radical (unpaired) electrons. The minimum atomic E-state index is -1.49. The quantitative estimate of drug-likeness (QED) is 0.644. The highest BCUT2D eigenvalue weighted by Crippen LogP contribution is 2.19. The minimum absolute atomic E-state index is 0.242. The van der Waals surface area contributed by atoms with Crippen LogP contribution in [0.2, 0.25) is 24.7 Å². The average molecular weight is 342 g/mol. The standard InChI is InChI=1S/C16H24ClNOSSi/c1-16(2,3)20(19)18-15(11-12-21(4,5)6)13-7-9-14(17)10-8-13/h7-10,15,18H,1-6H3/t15-,20+/m0/s1. The molecule has 0 heterocycles. The summed E-state index contributed by atoms with van der Waals surface area (Å²) >= 11 is 5.93. The number of hydrogen-bond acceptors (Lipinski definition) is 1. The molecule has 1 rings (SSSR count). The zero-order valence-corrected chi connectivity index (χ0v) is 16.2. The molecule has 0 bridgehead atoms. The Balaban J connectivity index is 3.08. The topological polar surface area (TPSA) is 29.1 Å². The van der Waals surface area contributed by atoms with Gasteiger partial charge in [0.15, 0.2) is 0 Å². The molecule has 0 saturated heterocycles. The molecule has 0 aromatic heterocycles. The lowest BCUT2D eigenvalue weighted by Gasteiger charge is -2.22. The normalized spacial score (nSPS) is 15.0. The molecule has 2 nitrogen and oxygen atoms in total. The van der Waals surface area contributed by atoms with Crippen molar-refractivity contribution in [3.05, 3.63) is 34.9 Å². The molecule has 1 aromatic carbocycles. The van der Waals surface area contributed by atoms with Gasteiger partial charge in [-0.2, -0.15) is 0 Å². The second-order valence-electron chi connectivity index (χ2n) is 7.00. The smallest absolute Gasteiger partial charge is 0.129 e. The number of nitrogens with one attached hydrogen (secondary N) is 1. The molecule has 0 aliphatic heterocycles. The first-order chi connectivity index (χ1) is 9.49. The molecule has 0 spiro atoms. The van der Waals surface area contributed by atoms with Crippen molar-refractivity contribution in [2.75, 3.05) is 0 Å². The van der Waals surface area contributed by atoms with Gasteiger partial charge in [0.2, 0.25) is 0 Å². The Morgan fingerprint density at radius 1 is 1.19 bits per heavy atom. The van der Waals surface area contributed by atoms with Gasteiger partial charge in [-0.25, -0.2) is 8.93 Å². The minimum Gasteiger partial charge on any atom is -0.242 e. The van der Waals surface area contributed by atoms with Crippen LogP contribution in [0, 0.1) is 11.5 Å². The lowest BCUT2D eigenvalue weighted by Crippen LogP contribution is -2.35. The molecule has 21 heavy (non-hydrogen) atoms. The fourth-order valence-electron chi connectivity index (χ4n) is 1.41. The van der Waals surface area contributed by atoms with Gasteiger partial charge in [0, 0.05) is 5.02 Å². The van der Waals surface area contributed by atoms with Gasteiger partial charge in [0.1, 0.15) is 14.1 Å². The van der Waals surface area contributed by atoms with E-state index < -0.39 is 19.1 Å². The Morgan fingerprint density at radius 2 is 1.71 bits per heavy atom. The Hall–Kier alpha value is -0.603. The maximum absolute atomic E-state index is 12.4. The molecule has 116 valence electrons. The van der Waals surface area contributed by atoms with E-state index in [1.54, 1.807) is 0 Å². The lowest BCUT2D eigenvalue weighted by molar-refractivity contribution is 0.629. The van der Waals surface area contributed by atoms with Crippen LogP contribution < -0.4 is 4.72 Å². The van der Waals surface area contributed by atoms with Crippen molar-refractivity contribution in [2.45, 2.75) is 51.2 Å². The van der Waals surface area contributed by atoms with E-state index in [9.17, 15) is 4.21 Å². The van der Waals surface area contributed by atoms with Crippen LogP contribution in [-0.2, 0) is 11.0 Å². The van der Waals surface area contributed by atoms with Crippen LogP contribution in [0.4, 0.5) is 0 Å². The molecule has 0 aliphatic rings. The largest absolute Gasteiger partial charge is 0.242 e. The van der Waals surface area contributed by atoms with Crippen LogP contribution in [0.15, 0.2) is 24.3 Å². The Bertz CT molecular complexity index is 561. The fraction of sp³-hybridized carbons (Fsp3) is 0.500. The van der Waals surface area contributed by atoms with Crippen LogP contribution in [0.5, 0.6) is 0 Å². The second kappa shape index (κ2) is 7.10. The molecule has 1 aromatic rings. The summed E-state index contributed by atoms with van der Waals surface area (Å²) in [5.74, 6) is 3.26. The summed E-state index contributed by atoms with van der Waals surface area (Å²) in [4.78, 5) is 0. The number of benzene rings is 1. The van der Waals surface area contributed by atoms with Gasteiger partial charge in [-0.3, -0.25) is 0 Å². The molecular formula is C16H24ClNOSSi. The van der Waals surface area contributed by atoms with Gasteiger partial charge < -0.3 is 0 Å². The van der Waals surface area contributed by atoms with E-state index in [-0.39, 0.29) is 10.8 Å². The van der Waals surface area contributed by atoms with Crippen molar-refractivity contribution in [1.29, 1.82) is 0 Å². The molecule has 0 saturated carbocycles. The second-order valence-corrected chi connectivity index (χ2v) is 14.2. The Kier molecular flexibility index (Phi) is 6.24. The SMILES string of the molecule is CC(C)(C)[S@@](=O)N[C@@H](C#C[Si](C)(C)C)c1ccc(Cl)cc1. The zero-order chi connectivity index (χ0) is 16.3. The molecule has 0 aliphatic carbocycles. The van der Waals surface area contributed by atoms with Crippen molar-refractivity contribution in [3.63, 3.8) is 0 Å². The first kappa shape index (κ1) is 18.4. The van der Waals surface area contributed by atoms with Crippen LogP contribution >= 0.6 is 11.6 Å². The number of halogens is 1. The first-order valence-electron chi connectivity index (χ1n) is 6.95. The van der Waals surface area contributed by atoms with Gasteiger partial charge >= 0.3 is 0 Å². The maximum Gasteiger partial charge on any atom is 0.129 e. The van der Waals surface area contributed by atoms with E-state index in [0.717, 1.165) is 5.56 Å². The van der Waals surface area contributed by atoms with E-state index in [1.165, 1.54) is 0 Å². The van der Waals surface area contributed by atoms with Crippen LogP contribution in [0.25, 0.3) is 0 Å². The van der Waals surface area contributed by atoms with Crippen LogP contribution in [0.3, 0.4) is 0 Å². The van der Waals surface area contributed by atoms with E-state index in [1.807, 2.05) is 45.0 Å². The third kappa shape index (κ3) is 6.79. The van der Waals surface area contributed by atoms with Gasteiger partial charge in [0.25, 0.3) is 0 Å². The molecule has 2 atom stereocenters. The van der Waals surface area contributed by atoms with E-state index >= 15 is 0 Å². The van der Waals surface area contributed by atoms with E-state index in [0.29, 0.717) is 5.02 Å². The third-order valence-corrected chi connectivity index (χ3v) is 5.28. The Morgan fingerprint density at radius 3 is 2.14 bits per heavy atom. The molecular weight excluding hydrogens is 318 g/mol. The number of rotatable bonds is 3. The molecule has 0 unspecified atom stereocenters. The monoisotopic (exact) mass is 341 g/mol. The number of hydrogen-bond donors (Lipinski definition) is 1. The summed E-state index contributed by atoms with van der Waals surface area (Å²) in [6, 6.07) is 7.29. The zero-order valence-electron chi connectivity index (χ0n) is 13.6. The highest BCUT2D eigenvalue weighted by molar-refractivity contribution is 7.84. The van der Waals surface area contributed by atoms with Crippen molar-refractivity contribution in [1.82, 2.24) is 4.72 Å². The van der Waals surface area contributed by atoms with Crippen molar-refractivity contribution < 1.29 is 4.21 Å². The van der Waals surface area contributed by atoms with Crippen molar-refractivity contribution in [3.8, 4) is 11.5 Å². The van der Waals surface area contributed by atoms with E-state index in [4.69, 9.17) is 11.6 Å². The van der Waals surface area contributed by atoms with Gasteiger partial charge in [-0.05, 0) is 38.5 Å². The summed E-state index contributed by atoms with van der Waals surface area (Å²) in [7, 11) is -2.66. The summed E-state index contributed by atoms with van der Waals surface area (Å²) in [5, 5.41) is 0.688. The van der Waals surface area contributed by atoms with Crippen molar-refractivity contribution >= 4 is 30.7 Å².